The number of aromatic nitrogens is 4. The summed E-state index contributed by atoms with van der Waals surface area (Å²) in [6, 6.07) is 0.714. The van der Waals surface area contributed by atoms with E-state index in [4.69, 9.17) is 4.98 Å². The first-order valence-electron chi connectivity index (χ1n) is 8.88. The van der Waals surface area contributed by atoms with Crippen molar-refractivity contribution in [3.05, 3.63) is 17.6 Å². The van der Waals surface area contributed by atoms with Gasteiger partial charge in [-0.2, -0.15) is 14.6 Å². The molecule has 23 heavy (non-hydrogen) atoms. The van der Waals surface area contributed by atoms with Gasteiger partial charge in [-0.1, -0.05) is 6.92 Å². The maximum atomic E-state index is 4.73. The lowest BCUT2D eigenvalue weighted by molar-refractivity contribution is 0.301. The molecular weight excluding hydrogens is 288 g/mol. The number of rotatable bonds is 4. The largest absolute Gasteiger partial charge is 0.370 e. The fourth-order valence-corrected chi connectivity index (χ4v) is 4.06. The van der Waals surface area contributed by atoms with Gasteiger partial charge in [0.05, 0.1) is 5.69 Å². The minimum atomic E-state index is 0.709. The number of likely N-dealkylation sites (tertiary alicyclic amines) is 1. The predicted molar refractivity (Wildman–Crippen MR) is 90.7 cm³/mol. The molecule has 1 saturated heterocycles. The second-order valence-corrected chi connectivity index (χ2v) is 7.20. The molecule has 2 aromatic heterocycles. The molecule has 0 aromatic carbocycles. The topological polar surface area (TPSA) is 58.4 Å². The van der Waals surface area contributed by atoms with E-state index in [1.165, 1.54) is 43.5 Å². The molecule has 2 atom stereocenters. The van der Waals surface area contributed by atoms with Crippen LogP contribution < -0.4 is 5.32 Å². The van der Waals surface area contributed by atoms with Gasteiger partial charge in [0.25, 0.3) is 5.78 Å². The summed E-state index contributed by atoms with van der Waals surface area (Å²) in [4.78, 5) is 11.5. The zero-order valence-corrected chi connectivity index (χ0v) is 14.1. The third-order valence-corrected chi connectivity index (χ3v) is 5.48. The summed E-state index contributed by atoms with van der Waals surface area (Å²) >= 11 is 0. The molecule has 0 radical (unpaired) electrons. The Hall–Kier alpha value is -1.69. The highest BCUT2D eigenvalue weighted by atomic mass is 15.4. The van der Waals surface area contributed by atoms with Gasteiger partial charge in [-0.3, -0.25) is 0 Å². The molecule has 1 fully saturated rings. The Bertz CT molecular complexity index is 694. The van der Waals surface area contributed by atoms with E-state index in [0.29, 0.717) is 12.0 Å². The maximum Gasteiger partial charge on any atom is 0.254 e. The van der Waals surface area contributed by atoms with Crippen LogP contribution in [0, 0.1) is 5.92 Å². The van der Waals surface area contributed by atoms with E-state index in [0.717, 1.165) is 31.0 Å². The Morgan fingerprint density at radius 3 is 3.09 bits per heavy atom. The Kier molecular flexibility index (Phi) is 3.93. The number of hydrogen-bond acceptors (Lipinski definition) is 5. The van der Waals surface area contributed by atoms with Crippen LogP contribution in [0.25, 0.3) is 5.78 Å². The van der Waals surface area contributed by atoms with E-state index >= 15 is 0 Å². The van der Waals surface area contributed by atoms with Gasteiger partial charge in [0.2, 0.25) is 0 Å². The van der Waals surface area contributed by atoms with Gasteiger partial charge in [-0.25, -0.2) is 4.98 Å². The van der Waals surface area contributed by atoms with E-state index in [1.807, 2.05) is 4.52 Å². The van der Waals surface area contributed by atoms with E-state index < -0.39 is 0 Å². The molecule has 1 aliphatic heterocycles. The van der Waals surface area contributed by atoms with Crippen molar-refractivity contribution < 1.29 is 0 Å². The second-order valence-electron chi connectivity index (χ2n) is 7.20. The third kappa shape index (κ3) is 2.80. The van der Waals surface area contributed by atoms with Gasteiger partial charge < -0.3 is 10.2 Å². The van der Waals surface area contributed by atoms with Crippen molar-refractivity contribution in [2.24, 2.45) is 5.92 Å². The average Bonchev–Trinajstić information content (AvgIpc) is 3.15. The Labute approximate surface area is 137 Å². The normalized spacial score (nSPS) is 25.0. The molecule has 1 N–H and O–H groups in total. The fourth-order valence-electron chi connectivity index (χ4n) is 4.06. The fraction of sp³-hybridized carbons (Fsp3) is 0.706. The van der Waals surface area contributed by atoms with Crippen molar-refractivity contribution in [1.29, 1.82) is 0 Å². The lowest BCUT2D eigenvalue weighted by atomic mass is 9.88. The monoisotopic (exact) mass is 314 g/mol. The smallest absolute Gasteiger partial charge is 0.254 e. The molecule has 2 aliphatic rings. The van der Waals surface area contributed by atoms with Crippen LogP contribution in [0.4, 0.5) is 5.82 Å². The molecule has 3 heterocycles. The molecule has 2 aromatic rings. The van der Waals surface area contributed by atoms with Gasteiger partial charge in [0, 0.05) is 18.2 Å². The number of nitrogens with zero attached hydrogens (tertiary/aromatic N) is 5. The average molecular weight is 314 g/mol. The Morgan fingerprint density at radius 1 is 1.35 bits per heavy atom. The van der Waals surface area contributed by atoms with E-state index in [-0.39, 0.29) is 0 Å². The van der Waals surface area contributed by atoms with Crippen molar-refractivity contribution in [2.45, 2.75) is 51.5 Å². The van der Waals surface area contributed by atoms with E-state index in [2.05, 4.69) is 34.3 Å². The molecule has 4 rings (SSSR count). The van der Waals surface area contributed by atoms with E-state index in [9.17, 15) is 0 Å². The summed E-state index contributed by atoms with van der Waals surface area (Å²) in [5.41, 5.74) is 2.56. The van der Waals surface area contributed by atoms with E-state index in [1.54, 1.807) is 6.33 Å². The highest BCUT2D eigenvalue weighted by molar-refractivity contribution is 5.53. The van der Waals surface area contributed by atoms with Crippen LogP contribution >= 0.6 is 0 Å². The first-order chi connectivity index (χ1) is 11.2. The van der Waals surface area contributed by atoms with Crippen molar-refractivity contribution in [3.8, 4) is 0 Å². The molecule has 0 bridgehead atoms. The molecule has 0 saturated carbocycles. The van der Waals surface area contributed by atoms with Crippen molar-refractivity contribution >= 4 is 11.6 Å². The molecule has 0 spiro atoms. The number of nitrogens with one attached hydrogen (secondary N) is 1. The number of anilines is 1. The Balaban J connectivity index is 1.56. The van der Waals surface area contributed by atoms with Crippen molar-refractivity contribution in [2.75, 3.05) is 25.5 Å². The minimum Gasteiger partial charge on any atom is -0.370 e. The SMILES string of the molecule is C[C@@H]1CCc2c(nc3ncnn3c2NCC[C@@H]2CCCN2C)C1. The Morgan fingerprint density at radius 2 is 2.26 bits per heavy atom. The van der Waals surface area contributed by atoms with Gasteiger partial charge >= 0.3 is 0 Å². The highest BCUT2D eigenvalue weighted by Gasteiger charge is 2.24. The summed E-state index contributed by atoms with van der Waals surface area (Å²) < 4.78 is 1.88. The summed E-state index contributed by atoms with van der Waals surface area (Å²) in [5.74, 6) is 2.55. The predicted octanol–water partition coefficient (Wildman–Crippen LogP) is 2.15. The zero-order chi connectivity index (χ0) is 15.8. The van der Waals surface area contributed by atoms with Crippen LogP contribution in [0.1, 0.15) is 43.9 Å². The van der Waals surface area contributed by atoms with Crippen molar-refractivity contribution in [1.82, 2.24) is 24.5 Å². The summed E-state index contributed by atoms with van der Waals surface area (Å²) in [7, 11) is 2.24. The van der Waals surface area contributed by atoms with Gasteiger partial charge in [-0.05, 0) is 58.0 Å². The molecule has 0 amide bonds. The number of hydrogen-bond donors (Lipinski definition) is 1. The first-order valence-corrected chi connectivity index (χ1v) is 8.88. The van der Waals surface area contributed by atoms with Crippen LogP contribution in [-0.4, -0.2) is 50.7 Å². The van der Waals surface area contributed by atoms with Crippen LogP contribution in [0.15, 0.2) is 6.33 Å². The summed E-state index contributed by atoms with van der Waals surface area (Å²) in [6.45, 7) is 4.53. The summed E-state index contributed by atoms with van der Waals surface area (Å²) in [5, 5.41) is 8.04. The molecule has 6 heteroatoms. The lowest BCUT2D eigenvalue weighted by Crippen LogP contribution is -2.27. The standard InChI is InChI=1S/C17H26N6/c1-12-5-6-14-15(10-12)21-17-19-11-20-23(17)16(14)18-8-7-13-4-3-9-22(13)2/h11-13,18H,3-10H2,1-2H3/t12-,13+/m1/s1. The first kappa shape index (κ1) is 14.9. The van der Waals surface area contributed by atoms with Crippen LogP contribution in [0.2, 0.25) is 0 Å². The highest BCUT2D eigenvalue weighted by Crippen LogP contribution is 2.30. The molecule has 1 aliphatic carbocycles. The zero-order valence-electron chi connectivity index (χ0n) is 14.1. The lowest BCUT2D eigenvalue weighted by Gasteiger charge is -2.24. The number of fused-ring (bicyclic) bond motifs is 2. The molecule has 0 unspecified atom stereocenters. The second kappa shape index (κ2) is 6.07. The van der Waals surface area contributed by atoms with Crippen LogP contribution in [-0.2, 0) is 12.8 Å². The maximum absolute atomic E-state index is 4.73. The third-order valence-electron chi connectivity index (χ3n) is 5.48. The van der Waals surface area contributed by atoms with Gasteiger partial charge in [0.15, 0.2) is 0 Å². The van der Waals surface area contributed by atoms with Gasteiger partial charge in [0.1, 0.15) is 12.1 Å². The molecular formula is C17H26N6. The van der Waals surface area contributed by atoms with Crippen molar-refractivity contribution in [3.63, 3.8) is 0 Å². The molecule has 124 valence electrons. The minimum absolute atomic E-state index is 0.709. The summed E-state index contributed by atoms with van der Waals surface area (Å²) in [6.07, 6.45) is 8.81. The van der Waals surface area contributed by atoms with Gasteiger partial charge in [-0.15, -0.1) is 0 Å². The quantitative estimate of drug-likeness (QED) is 0.937. The van der Waals surface area contributed by atoms with Crippen LogP contribution in [0.3, 0.4) is 0 Å². The van der Waals surface area contributed by atoms with Crippen LogP contribution in [0.5, 0.6) is 0 Å². The molecule has 6 nitrogen and oxygen atoms in total.